The van der Waals surface area contributed by atoms with Gasteiger partial charge in [-0.05, 0) is 0 Å². The third-order valence-electron chi connectivity index (χ3n) is 10.2. The number of carbonyl (C=O) groups is 1. The van der Waals surface area contributed by atoms with Crippen LogP contribution in [0.1, 0.15) is 39.5 Å². The molecule has 0 fully saturated rings. The van der Waals surface area contributed by atoms with E-state index in [4.69, 9.17) is 9.05 Å². The third kappa shape index (κ3) is 5.87. The molecule has 6 aromatic carbocycles. The Balaban J connectivity index is 1.70. The number of rotatable bonds is 14. The Bertz CT molecular complexity index is 1610. The van der Waals surface area contributed by atoms with Gasteiger partial charge in [-0.1, -0.05) is 0 Å². The monoisotopic (exact) mass is 698 g/mol. The quantitative estimate of drug-likeness (QED) is 0.106. The van der Waals surface area contributed by atoms with Crippen molar-refractivity contribution in [3.63, 3.8) is 0 Å². The molecule has 0 atom stereocenters. The zero-order chi connectivity index (χ0) is 34.8. The molecule has 0 aliphatic rings. The van der Waals surface area contributed by atoms with E-state index in [0.717, 1.165) is 57.5 Å². The topological polar surface area (TPSA) is 35.5 Å². The molecule has 6 aromatic rings. The van der Waals surface area contributed by atoms with Crippen molar-refractivity contribution in [2.45, 2.75) is 39.5 Å². The van der Waals surface area contributed by atoms with Crippen LogP contribution in [0.5, 0.6) is 0 Å². The fraction of sp³-hybridized carbons (Fsp3) is 0.178. The molecule has 0 radical (unpaired) electrons. The summed E-state index contributed by atoms with van der Waals surface area (Å²) in [5, 5.41) is 6.05. The van der Waals surface area contributed by atoms with Gasteiger partial charge in [0, 0.05) is 0 Å². The first-order chi connectivity index (χ1) is 24.5. The Hall–Kier alpha value is -4.55. The molecule has 50 heavy (non-hydrogen) atoms. The van der Waals surface area contributed by atoms with Crippen LogP contribution in [0, 0.1) is 0 Å². The second kappa shape index (κ2) is 15.1. The Kier molecular flexibility index (Phi) is 10.7. The van der Waals surface area contributed by atoms with E-state index in [1.807, 2.05) is 36.4 Å². The summed E-state index contributed by atoms with van der Waals surface area (Å²) in [6, 6.07) is 62.6. The van der Waals surface area contributed by atoms with Crippen LogP contribution in [0.25, 0.3) is 0 Å². The van der Waals surface area contributed by atoms with Crippen LogP contribution in [0.3, 0.4) is 0 Å². The standard InChI is InChI=1S/C45H48O3P2/c1-3-5-37-49(39-25-13-7-14-26-39,40-27-15-8-16-28-40,41-29-17-9-18-30-41)47-45(46)48-50(38-6-4-2,42-31-19-10-20-32-42,43-33-21-11-22-34-43)44-35-23-12-24-36-44/h7-36H,3-6,37-38H2,1-2H3. The molecular weight excluding hydrogens is 650 g/mol. The van der Waals surface area contributed by atoms with Crippen molar-refractivity contribution in [2.75, 3.05) is 12.3 Å². The Morgan fingerprint density at radius 2 is 0.580 bits per heavy atom. The SMILES string of the molecule is CCCCP(OC(=O)OP(CCCC)(c1ccccc1)(c1ccccc1)c1ccccc1)(c1ccccc1)(c1ccccc1)c1ccccc1. The Morgan fingerprint density at radius 3 is 0.760 bits per heavy atom. The van der Waals surface area contributed by atoms with E-state index in [1.54, 1.807) is 0 Å². The molecule has 3 nitrogen and oxygen atoms in total. The summed E-state index contributed by atoms with van der Waals surface area (Å²) < 4.78 is 15.0. The zero-order valence-corrected chi connectivity index (χ0v) is 31.0. The van der Waals surface area contributed by atoms with Gasteiger partial charge < -0.3 is 0 Å². The van der Waals surface area contributed by atoms with Crippen LogP contribution in [0.4, 0.5) is 4.79 Å². The second-order valence-electron chi connectivity index (χ2n) is 13.0. The summed E-state index contributed by atoms with van der Waals surface area (Å²) in [6.45, 7) is -3.64. The van der Waals surface area contributed by atoms with E-state index < -0.39 is 19.8 Å². The van der Waals surface area contributed by atoms with Gasteiger partial charge in [0.25, 0.3) is 0 Å². The number of hydrogen-bond acceptors (Lipinski definition) is 3. The molecule has 0 N–H and O–H groups in total. The summed E-state index contributed by atoms with van der Waals surface area (Å²) in [5.74, 6) is 0. The first kappa shape index (κ1) is 35.3. The molecule has 0 spiro atoms. The van der Waals surface area contributed by atoms with Crippen molar-refractivity contribution in [3.05, 3.63) is 182 Å². The van der Waals surface area contributed by atoms with E-state index in [9.17, 15) is 0 Å². The molecule has 0 heterocycles. The van der Waals surface area contributed by atoms with E-state index in [1.165, 1.54) is 0 Å². The van der Waals surface area contributed by atoms with Gasteiger partial charge in [-0.2, -0.15) is 0 Å². The van der Waals surface area contributed by atoms with Crippen LogP contribution in [-0.2, 0) is 9.05 Å². The Labute approximate surface area is 298 Å². The van der Waals surface area contributed by atoms with Crippen LogP contribution in [0.2, 0.25) is 0 Å². The van der Waals surface area contributed by atoms with Gasteiger partial charge in [-0.25, -0.2) is 0 Å². The molecule has 5 heteroatoms. The molecule has 0 amide bonds. The van der Waals surface area contributed by atoms with Gasteiger partial charge in [-0.3, -0.25) is 0 Å². The normalized spacial score (nSPS) is 13.2. The first-order valence-electron chi connectivity index (χ1n) is 17.8. The predicted molar refractivity (Wildman–Crippen MR) is 217 cm³/mol. The average Bonchev–Trinajstić information content (AvgIpc) is 3.20. The number of benzene rings is 6. The molecule has 6 rings (SSSR count). The van der Waals surface area contributed by atoms with Crippen molar-refractivity contribution in [1.82, 2.24) is 0 Å². The van der Waals surface area contributed by atoms with E-state index in [-0.39, 0.29) is 0 Å². The molecule has 0 saturated heterocycles. The summed E-state index contributed by atoms with van der Waals surface area (Å²) >= 11 is 0. The average molecular weight is 699 g/mol. The van der Waals surface area contributed by atoms with Gasteiger partial charge in [0.05, 0.1) is 0 Å². The van der Waals surface area contributed by atoms with Crippen molar-refractivity contribution >= 4 is 51.6 Å². The van der Waals surface area contributed by atoms with Gasteiger partial charge in [0.1, 0.15) is 0 Å². The summed E-state index contributed by atoms with van der Waals surface area (Å²) in [5.41, 5.74) is 0. The van der Waals surface area contributed by atoms with E-state index in [0.29, 0.717) is 12.3 Å². The molecule has 256 valence electrons. The predicted octanol–water partition coefficient (Wildman–Crippen LogP) is 9.63. The van der Waals surface area contributed by atoms with Crippen molar-refractivity contribution in [2.24, 2.45) is 0 Å². The molecule has 0 aliphatic carbocycles. The first-order valence-corrected chi connectivity index (χ1v) is 22.5. The van der Waals surface area contributed by atoms with Crippen LogP contribution < -0.4 is 31.8 Å². The minimum absolute atomic E-state index is 0.638. The third-order valence-corrected chi connectivity index (χ3v) is 22.0. The molecule has 0 aromatic heterocycles. The van der Waals surface area contributed by atoms with Crippen LogP contribution >= 0.6 is 13.7 Å². The fourth-order valence-corrected chi connectivity index (χ4v) is 19.4. The summed E-state index contributed by atoms with van der Waals surface area (Å²) in [4.78, 5) is 15.7. The fourth-order valence-electron chi connectivity index (χ4n) is 7.80. The Morgan fingerprint density at radius 1 is 0.380 bits per heavy atom. The van der Waals surface area contributed by atoms with Gasteiger partial charge in [-0.15, -0.1) is 0 Å². The maximum absolute atomic E-state index is 15.7. The molecule has 0 aliphatic heterocycles. The zero-order valence-electron chi connectivity index (χ0n) is 29.2. The van der Waals surface area contributed by atoms with Gasteiger partial charge >= 0.3 is 299 Å². The minimum atomic E-state index is -4.02. The van der Waals surface area contributed by atoms with Gasteiger partial charge in [0.2, 0.25) is 0 Å². The number of hydrogen-bond donors (Lipinski definition) is 0. The van der Waals surface area contributed by atoms with Crippen LogP contribution in [0.15, 0.2) is 182 Å². The van der Waals surface area contributed by atoms with Crippen molar-refractivity contribution < 1.29 is 13.8 Å². The molecule has 0 unspecified atom stereocenters. The molecule has 0 saturated carbocycles. The van der Waals surface area contributed by atoms with Crippen LogP contribution in [-0.4, -0.2) is 18.5 Å². The maximum atomic E-state index is 15.7. The number of carbonyl (C=O) groups excluding carboxylic acids is 1. The van der Waals surface area contributed by atoms with Crippen molar-refractivity contribution in [1.29, 1.82) is 0 Å². The van der Waals surface area contributed by atoms with E-state index >= 15 is 4.79 Å². The summed E-state index contributed by atoms with van der Waals surface area (Å²) in [6.07, 6.45) is 4.27. The molecular formula is C45H48O3P2. The summed E-state index contributed by atoms with van der Waals surface area (Å²) in [7, 11) is 0. The van der Waals surface area contributed by atoms with Gasteiger partial charge in [0.15, 0.2) is 0 Å². The second-order valence-corrected chi connectivity index (χ2v) is 22.2. The molecule has 0 bridgehead atoms. The van der Waals surface area contributed by atoms with Crippen molar-refractivity contribution in [3.8, 4) is 0 Å². The van der Waals surface area contributed by atoms with E-state index in [2.05, 4.69) is 159 Å². The number of unbranched alkanes of at least 4 members (excludes halogenated alkanes) is 2.